The number of rotatable bonds is 8. The summed E-state index contributed by atoms with van der Waals surface area (Å²) in [5.41, 5.74) is 4.90. The molecule has 0 aliphatic rings. The van der Waals surface area contributed by atoms with Crippen LogP contribution in [0.2, 0.25) is 5.02 Å². The molecule has 0 radical (unpaired) electrons. The van der Waals surface area contributed by atoms with Gasteiger partial charge in [0.2, 0.25) is 0 Å². The zero-order valence-electron chi connectivity index (χ0n) is 18.5. The number of hydrazone groups is 1. The maximum absolute atomic E-state index is 12.4. The van der Waals surface area contributed by atoms with E-state index in [0.29, 0.717) is 39.8 Å². The van der Waals surface area contributed by atoms with Gasteiger partial charge in [0.05, 0.1) is 29.5 Å². The van der Waals surface area contributed by atoms with Gasteiger partial charge in [-0.3, -0.25) is 4.79 Å². The standard InChI is InChI=1S/C26H19BrClN3O4/c1-2-33-23-10-16(9-21(28)25(23)34-15-18-6-4-3-5-17(18)13-29)14-30-31-26(32)24-12-19-11-20(27)7-8-22(19)35-24/h3-12,14H,2,15H2,1H3,(H,31,32). The molecule has 0 unspecified atom stereocenters. The number of halogens is 2. The summed E-state index contributed by atoms with van der Waals surface area (Å²) in [6.07, 6.45) is 1.44. The molecule has 0 spiro atoms. The van der Waals surface area contributed by atoms with Crippen molar-refractivity contribution in [2.24, 2.45) is 5.10 Å². The van der Waals surface area contributed by atoms with Crippen LogP contribution in [0.1, 0.15) is 34.2 Å². The number of amides is 1. The number of benzene rings is 3. The number of ether oxygens (including phenoxy) is 2. The van der Waals surface area contributed by atoms with E-state index in [9.17, 15) is 10.1 Å². The lowest BCUT2D eigenvalue weighted by Crippen LogP contribution is -2.16. The van der Waals surface area contributed by atoms with Crippen LogP contribution in [0.4, 0.5) is 0 Å². The SMILES string of the molecule is CCOc1cc(C=NNC(=O)c2cc3cc(Br)ccc3o2)cc(Cl)c1OCc1ccccc1C#N. The monoisotopic (exact) mass is 551 g/mol. The second-order valence-corrected chi connectivity index (χ2v) is 8.64. The maximum Gasteiger partial charge on any atom is 0.307 e. The molecule has 0 saturated heterocycles. The number of hydrogen-bond donors (Lipinski definition) is 1. The molecule has 0 aliphatic carbocycles. The number of nitrogens with zero attached hydrogens (tertiary/aromatic N) is 2. The van der Waals surface area contributed by atoms with Crippen molar-refractivity contribution in [2.75, 3.05) is 6.61 Å². The lowest BCUT2D eigenvalue weighted by molar-refractivity contribution is 0.0929. The third kappa shape index (κ3) is 5.83. The Morgan fingerprint density at radius 2 is 2.03 bits per heavy atom. The van der Waals surface area contributed by atoms with Gasteiger partial charge in [-0.2, -0.15) is 10.4 Å². The van der Waals surface area contributed by atoms with E-state index in [0.717, 1.165) is 15.4 Å². The van der Waals surface area contributed by atoms with Gasteiger partial charge in [-0.05, 0) is 55.0 Å². The van der Waals surface area contributed by atoms with E-state index in [4.69, 9.17) is 25.5 Å². The molecule has 1 amide bonds. The van der Waals surface area contributed by atoms with Crippen LogP contribution in [-0.4, -0.2) is 18.7 Å². The minimum Gasteiger partial charge on any atom is -0.490 e. The highest BCUT2D eigenvalue weighted by molar-refractivity contribution is 9.10. The number of fused-ring (bicyclic) bond motifs is 1. The fourth-order valence-electron chi connectivity index (χ4n) is 3.32. The largest absolute Gasteiger partial charge is 0.490 e. The fourth-order valence-corrected chi connectivity index (χ4v) is 3.97. The third-order valence-electron chi connectivity index (χ3n) is 4.92. The quantitative estimate of drug-likeness (QED) is 0.200. The molecule has 4 aromatic rings. The Bertz CT molecular complexity index is 1460. The molecule has 0 bridgehead atoms. The molecule has 9 heteroatoms. The number of hydrogen-bond acceptors (Lipinski definition) is 6. The Morgan fingerprint density at radius 1 is 1.20 bits per heavy atom. The normalized spacial score (nSPS) is 10.9. The first-order valence-electron chi connectivity index (χ1n) is 10.6. The van der Waals surface area contributed by atoms with E-state index in [2.05, 4.69) is 32.5 Å². The molecule has 0 atom stereocenters. The summed E-state index contributed by atoms with van der Waals surface area (Å²) in [6, 6.07) is 19.8. The first kappa shape index (κ1) is 24.3. The van der Waals surface area contributed by atoms with Gasteiger partial charge in [0.1, 0.15) is 12.2 Å². The van der Waals surface area contributed by atoms with Crippen LogP contribution in [0.15, 0.2) is 74.7 Å². The average Bonchev–Trinajstić information content (AvgIpc) is 3.27. The molecule has 0 fully saturated rings. The Morgan fingerprint density at radius 3 is 2.83 bits per heavy atom. The van der Waals surface area contributed by atoms with Gasteiger partial charge < -0.3 is 13.9 Å². The molecule has 1 N–H and O–H groups in total. The molecular weight excluding hydrogens is 534 g/mol. The molecule has 4 rings (SSSR count). The molecule has 7 nitrogen and oxygen atoms in total. The van der Waals surface area contributed by atoms with E-state index >= 15 is 0 Å². The summed E-state index contributed by atoms with van der Waals surface area (Å²) in [5, 5.41) is 14.4. The molecule has 35 heavy (non-hydrogen) atoms. The number of nitrogens with one attached hydrogen (secondary N) is 1. The summed E-state index contributed by atoms with van der Waals surface area (Å²) >= 11 is 9.86. The third-order valence-corrected chi connectivity index (χ3v) is 5.70. The summed E-state index contributed by atoms with van der Waals surface area (Å²) in [5.74, 6) is 0.437. The highest BCUT2D eigenvalue weighted by atomic mass is 79.9. The highest BCUT2D eigenvalue weighted by Gasteiger charge is 2.14. The summed E-state index contributed by atoms with van der Waals surface area (Å²) in [4.78, 5) is 12.4. The number of carbonyl (C=O) groups excluding carboxylic acids is 1. The van der Waals surface area contributed by atoms with E-state index < -0.39 is 5.91 Å². The zero-order valence-corrected chi connectivity index (χ0v) is 20.9. The van der Waals surface area contributed by atoms with Crippen LogP contribution >= 0.6 is 27.5 Å². The predicted octanol–water partition coefficient (Wildman–Crippen LogP) is 6.46. The second kappa shape index (κ2) is 11.1. The first-order valence-corrected chi connectivity index (χ1v) is 11.7. The lowest BCUT2D eigenvalue weighted by atomic mass is 10.1. The van der Waals surface area contributed by atoms with E-state index in [1.165, 1.54) is 6.21 Å². The smallest absolute Gasteiger partial charge is 0.307 e. The van der Waals surface area contributed by atoms with E-state index in [1.807, 2.05) is 31.2 Å². The highest BCUT2D eigenvalue weighted by Crippen LogP contribution is 2.37. The van der Waals surface area contributed by atoms with Crippen LogP contribution in [0.3, 0.4) is 0 Å². The zero-order chi connectivity index (χ0) is 24.8. The van der Waals surface area contributed by atoms with Crippen LogP contribution < -0.4 is 14.9 Å². The van der Waals surface area contributed by atoms with Gasteiger partial charge in [-0.15, -0.1) is 0 Å². The van der Waals surface area contributed by atoms with E-state index in [1.54, 1.807) is 36.4 Å². The second-order valence-electron chi connectivity index (χ2n) is 7.31. The van der Waals surface area contributed by atoms with Crippen molar-refractivity contribution < 1.29 is 18.7 Å². The fraction of sp³-hybridized carbons (Fsp3) is 0.115. The summed E-state index contributed by atoms with van der Waals surface area (Å²) < 4.78 is 18.1. The minimum atomic E-state index is -0.485. The number of furan rings is 1. The molecule has 1 heterocycles. The average molecular weight is 553 g/mol. The van der Waals surface area contributed by atoms with Gasteiger partial charge in [0, 0.05) is 15.4 Å². The lowest BCUT2D eigenvalue weighted by Gasteiger charge is -2.15. The van der Waals surface area contributed by atoms with Crippen molar-refractivity contribution in [1.82, 2.24) is 5.43 Å². The molecule has 3 aromatic carbocycles. The van der Waals surface area contributed by atoms with Gasteiger partial charge in [-0.25, -0.2) is 5.43 Å². The Kier molecular flexibility index (Phi) is 7.70. The van der Waals surface area contributed by atoms with Crippen molar-refractivity contribution in [2.45, 2.75) is 13.5 Å². The van der Waals surface area contributed by atoms with Crippen molar-refractivity contribution in [3.05, 3.63) is 92.6 Å². The molecule has 0 saturated carbocycles. The van der Waals surface area contributed by atoms with Crippen molar-refractivity contribution in [1.29, 1.82) is 5.26 Å². The minimum absolute atomic E-state index is 0.143. The first-order chi connectivity index (χ1) is 17.0. The Labute approximate surface area is 215 Å². The van der Waals surface area contributed by atoms with E-state index in [-0.39, 0.29) is 12.4 Å². The number of carbonyl (C=O) groups is 1. The summed E-state index contributed by atoms with van der Waals surface area (Å²) in [6.45, 7) is 2.39. The topological polar surface area (TPSA) is 96.8 Å². The van der Waals surface area contributed by atoms with Crippen molar-refractivity contribution in [3.8, 4) is 17.6 Å². The molecule has 176 valence electrons. The van der Waals surface area contributed by atoms with Gasteiger partial charge >= 0.3 is 5.91 Å². The van der Waals surface area contributed by atoms with Gasteiger partial charge in [0.15, 0.2) is 17.3 Å². The molecular formula is C26H19BrClN3O4. The van der Waals surface area contributed by atoms with Crippen molar-refractivity contribution in [3.63, 3.8) is 0 Å². The summed E-state index contributed by atoms with van der Waals surface area (Å²) in [7, 11) is 0. The van der Waals surface area contributed by atoms with Crippen LogP contribution in [0.5, 0.6) is 11.5 Å². The van der Waals surface area contributed by atoms with Crippen molar-refractivity contribution >= 4 is 50.6 Å². The Hall–Kier alpha value is -3.80. The van der Waals surface area contributed by atoms with Crippen LogP contribution in [0, 0.1) is 11.3 Å². The molecule has 1 aromatic heterocycles. The van der Waals surface area contributed by atoms with Gasteiger partial charge in [-0.1, -0.05) is 45.7 Å². The predicted molar refractivity (Wildman–Crippen MR) is 137 cm³/mol. The van der Waals surface area contributed by atoms with Gasteiger partial charge in [0.25, 0.3) is 0 Å². The molecule has 0 aliphatic heterocycles. The number of nitriles is 1. The maximum atomic E-state index is 12.4. The Balaban J connectivity index is 1.48. The van der Waals surface area contributed by atoms with Crippen LogP contribution in [0.25, 0.3) is 11.0 Å². The van der Waals surface area contributed by atoms with Crippen LogP contribution in [-0.2, 0) is 6.61 Å².